The number of aryl methyl sites for hydroxylation is 1. The van der Waals surface area contributed by atoms with Gasteiger partial charge in [0.2, 0.25) is 5.91 Å². The number of carbonyl (C=O) groups excluding carboxylic acids is 2. The minimum Gasteiger partial charge on any atom is -0.456 e. The van der Waals surface area contributed by atoms with Crippen molar-refractivity contribution in [3.63, 3.8) is 0 Å². The molecule has 0 fully saturated rings. The number of primary amides is 1. The number of thiazole rings is 1. The fourth-order valence-electron chi connectivity index (χ4n) is 2.26. The van der Waals surface area contributed by atoms with Crippen molar-refractivity contribution in [1.29, 1.82) is 0 Å². The van der Waals surface area contributed by atoms with E-state index in [2.05, 4.69) is 10.3 Å². The Balaban J connectivity index is 1.76. The number of furan rings is 1. The van der Waals surface area contributed by atoms with E-state index < -0.39 is 5.91 Å². The summed E-state index contributed by atoms with van der Waals surface area (Å²) in [5.41, 5.74) is 6.52. The molecule has 2 amide bonds. The van der Waals surface area contributed by atoms with E-state index >= 15 is 0 Å². The molecule has 24 heavy (non-hydrogen) atoms. The minimum atomic E-state index is -0.631. The number of rotatable bonds is 5. The quantitative estimate of drug-likeness (QED) is 0.742. The molecule has 0 aromatic carbocycles. The van der Waals surface area contributed by atoms with Crippen LogP contribution in [-0.2, 0) is 4.79 Å². The van der Waals surface area contributed by atoms with Crippen molar-refractivity contribution in [3.8, 4) is 11.3 Å². The summed E-state index contributed by atoms with van der Waals surface area (Å²) in [6.07, 6.45) is 3.66. The zero-order chi connectivity index (χ0) is 17.3. The van der Waals surface area contributed by atoms with E-state index in [1.165, 1.54) is 11.3 Å². The second kappa shape index (κ2) is 6.32. The van der Waals surface area contributed by atoms with Crippen molar-refractivity contribution in [1.82, 2.24) is 9.55 Å². The van der Waals surface area contributed by atoms with Gasteiger partial charge in [-0.2, -0.15) is 0 Å². The maximum Gasteiger partial charge on any atom is 0.284 e. The second-order valence-corrected chi connectivity index (χ2v) is 6.14. The van der Waals surface area contributed by atoms with Gasteiger partial charge >= 0.3 is 0 Å². The van der Waals surface area contributed by atoms with Crippen LogP contribution in [0.25, 0.3) is 11.3 Å². The number of nitrogens with one attached hydrogen (secondary N) is 1. The third-order valence-corrected chi connectivity index (χ3v) is 4.38. The highest BCUT2D eigenvalue weighted by molar-refractivity contribution is 7.14. The van der Waals surface area contributed by atoms with Crippen LogP contribution in [0.1, 0.15) is 29.3 Å². The summed E-state index contributed by atoms with van der Waals surface area (Å²) < 4.78 is 7.12. The van der Waals surface area contributed by atoms with Crippen molar-refractivity contribution in [3.05, 3.63) is 47.5 Å². The van der Waals surface area contributed by atoms with Crippen LogP contribution in [0.2, 0.25) is 0 Å². The van der Waals surface area contributed by atoms with E-state index in [1.807, 2.05) is 36.0 Å². The minimum absolute atomic E-state index is 0.0855. The molecule has 0 saturated carbocycles. The number of carbonyl (C=O) groups is 2. The average molecular weight is 344 g/mol. The zero-order valence-corrected chi connectivity index (χ0v) is 14.0. The smallest absolute Gasteiger partial charge is 0.284 e. The molecule has 0 spiro atoms. The molecule has 0 aliphatic carbocycles. The Bertz CT molecular complexity index is 879. The molecule has 0 aliphatic heterocycles. The molecule has 7 nitrogen and oxygen atoms in total. The summed E-state index contributed by atoms with van der Waals surface area (Å²) >= 11 is 1.30. The number of hydrogen-bond acceptors (Lipinski definition) is 5. The first-order chi connectivity index (χ1) is 11.5. The van der Waals surface area contributed by atoms with Crippen LogP contribution >= 0.6 is 11.3 Å². The molecule has 3 N–H and O–H groups in total. The number of nitrogens with two attached hydrogens (primary N) is 1. The third kappa shape index (κ3) is 3.09. The summed E-state index contributed by atoms with van der Waals surface area (Å²) in [6.45, 7) is 3.54. The monoisotopic (exact) mass is 344 g/mol. The lowest BCUT2D eigenvalue weighted by Crippen LogP contribution is -2.22. The van der Waals surface area contributed by atoms with Gasteiger partial charge in [-0.25, -0.2) is 4.98 Å². The molecule has 3 aromatic rings. The number of anilines is 1. The topological polar surface area (TPSA) is 103 Å². The lowest BCUT2D eigenvalue weighted by Gasteiger charge is -2.12. The highest BCUT2D eigenvalue weighted by Gasteiger charge is 2.18. The van der Waals surface area contributed by atoms with Gasteiger partial charge in [-0.1, -0.05) is 0 Å². The summed E-state index contributed by atoms with van der Waals surface area (Å²) in [7, 11) is 0. The van der Waals surface area contributed by atoms with E-state index in [4.69, 9.17) is 10.2 Å². The predicted molar refractivity (Wildman–Crippen MR) is 90.8 cm³/mol. The molecule has 8 heteroatoms. The van der Waals surface area contributed by atoms with Gasteiger partial charge in [0.25, 0.3) is 5.91 Å². The SMILES string of the molecule is Cc1oc(C(N)=O)cc1-c1csc(NC(=O)C(C)n2cccc2)n1. The summed E-state index contributed by atoms with van der Waals surface area (Å²) in [5.74, 6) is -0.155. The van der Waals surface area contributed by atoms with Crippen LogP contribution in [-0.4, -0.2) is 21.4 Å². The molecule has 1 unspecified atom stereocenters. The number of aromatic nitrogens is 2. The molecular weight excluding hydrogens is 328 g/mol. The standard InChI is InChI=1S/C16H16N4O3S/c1-9(20-5-3-4-6-20)15(22)19-16-18-12(8-24-16)11-7-13(14(17)21)23-10(11)2/h3-9H,1-2H3,(H2,17,21)(H,18,19,22). The molecule has 1 atom stereocenters. The fraction of sp³-hybridized carbons (Fsp3) is 0.188. The highest BCUT2D eigenvalue weighted by Crippen LogP contribution is 2.30. The van der Waals surface area contributed by atoms with Gasteiger partial charge in [0.15, 0.2) is 10.9 Å². The molecular formula is C16H16N4O3S. The highest BCUT2D eigenvalue weighted by atomic mass is 32.1. The molecule has 0 saturated heterocycles. The third-order valence-electron chi connectivity index (χ3n) is 3.63. The molecule has 3 heterocycles. The van der Waals surface area contributed by atoms with Gasteiger partial charge in [0.05, 0.1) is 5.69 Å². The van der Waals surface area contributed by atoms with E-state index in [0.717, 1.165) is 0 Å². The largest absolute Gasteiger partial charge is 0.456 e. The predicted octanol–water partition coefficient (Wildman–Crippen LogP) is 2.81. The Morgan fingerprint density at radius 3 is 2.71 bits per heavy atom. The molecule has 3 rings (SSSR count). The number of nitrogens with zero attached hydrogens (tertiary/aromatic N) is 2. The van der Waals surface area contributed by atoms with E-state index in [-0.39, 0.29) is 17.7 Å². The Morgan fingerprint density at radius 2 is 2.08 bits per heavy atom. The first kappa shape index (κ1) is 16.0. The van der Waals surface area contributed by atoms with Crippen LogP contribution in [0.5, 0.6) is 0 Å². The Morgan fingerprint density at radius 1 is 1.38 bits per heavy atom. The van der Waals surface area contributed by atoms with E-state index in [1.54, 1.807) is 18.4 Å². The first-order valence-corrected chi connectivity index (χ1v) is 8.13. The zero-order valence-electron chi connectivity index (χ0n) is 13.1. The fourth-order valence-corrected chi connectivity index (χ4v) is 2.98. The molecule has 0 radical (unpaired) electrons. The first-order valence-electron chi connectivity index (χ1n) is 7.25. The van der Waals surface area contributed by atoms with Gasteiger partial charge in [-0.05, 0) is 32.0 Å². The van der Waals surface area contributed by atoms with Gasteiger partial charge in [0.1, 0.15) is 11.8 Å². The van der Waals surface area contributed by atoms with Gasteiger partial charge in [-0.15, -0.1) is 11.3 Å². The maximum absolute atomic E-state index is 12.3. The van der Waals surface area contributed by atoms with Crippen LogP contribution in [0.3, 0.4) is 0 Å². The summed E-state index contributed by atoms with van der Waals surface area (Å²) in [5, 5.41) is 5.07. The van der Waals surface area contributed by atoms with Gasteiger partial charge in [-0.3, -0.25) is 9.59 Å². The maximum atomic E-state index is 12.3. The molecule has 0 bridgehead atoms. The van der Waals surface area contributed by atoms with E-state index in [0.29, 0.717) is 22.1 Å². The van der Waals surface area contributed by atoms with Crippen LogP contribution in [0.15, 0.2) is 40.4 Å². The average Bonchev–Trinajstić information content (AvgIpc) is 3.26. The lowest BCUT2D eigenvalue weighted by molar-refractivity contribution is -0.118. The van der Waals surface area contributed by atoms with E-state index in [9.17, 15) is 9.59 Å². The van der Waals surface area contributed by atoms with Gasteiger partial charge in [0, 0.05) is 23.3 Å². The Labute approximate surface area is 142 Å². The van der Waals surface area contributed by atoms with Crippen LogP contribution in [0.4, 0.5) is 5.13 Å². The van der Waals surface area contributed by atoms with Crippen LogP contribution in [0, 0.1) is 6.92 Å². The molecule has 0 aliphatic rings. The van der Waals surface area contributed by atoms with Crippen molar-refractivity contribution >= 4 is 28.3 Å². The van der Waals surface area contributed by atoms with Crippen molar-refractivity contribution in [2.24, 2.45) is 5.73 Å². The summed E-state index contributed by atoms with van der Waals surface area (Å²) in [4.78, 5) is 27.8. The van der Waals surface area contributed by atoms with Gasteiger partial charge < -0.3 is 20.0 Å². The number of hydrogen-bond donors (Lipinski definition) is 2. The van der Waals surface area contributed by atoms with Crippen molar-refractivity contribution in [2.75, 3.05) is 5.32 Å². The molecule has 124 valence electrons. The normalized spacial score (nSPS) is 12.1. The van der Waals surface area contributed by atoms with Crippen LogP contribution < -0.4 is 11.1 Å². The number of amides is 2. The van der Waals surface area contributed by atoms with Crippen molar-refractivity contribution in [2.45, 2.75) is 19.9 Å². The Hall–Kier alpha value is -2.87. The summed E-state index contributed by atoms with van der Waals surface area (Å²) in [6, 6.07) is 4.94. The second-order valence-electron chi connectivity index (χ2n) is 5.28. The Kier molecular flexibility index (Phi) is 4.22. The lowest BCUT2D eigenvalue weighted by atomic mass is 10.2. The van der Waals surface area contributed by atoms with Crippen molar-refractivity contribution < 1.29 is 14.0 Å². The molecule has 3 aromatic heterocycles.